The van der Waals surface area contributed by atoms with Crippen molar-refractivity contribution in [2.75, 3.05) is 12.7 Å². The first-order valence-corrected chi connectivity index (χ1v) is 10.1. The zero-order chi connectivity index (χ0) is 17.7. The number of carbonyl (C=O) groups excluding carboxylic acids is 2. The quantitative estimate of drug-likeness (QED) is 0.418. The SMILES string of the molecule is CCC(C)OP(=O)(O)CCCCCN1C(=O)c2ccccc2C1=O. The molecule has 0 aromatic heterocycles. The molecule has 2 atom stereocenters. The number of unbranched alkanes of at least 4 members (excludes halogenated alkanes) is 2. The second-order valence-electron chi connectivity index (χ2n) is 6.05. The maximum Gasteiger partial charge on any atom is 0.328 e. The molecule has 0 radical (unpaired) electrons. The topological polar surface area (TPSA) is 83.9 Å². The molecule has 2 unspecified atom stereocenters. The lowest BCUT2D eigenvalue weighted by Crippen LogP contribution is -2.30. The summed E-state index contributed by atoms with van der Waals surface area (Å²) >= 11 is 0. The first-order chi connectivity index (χ1) is 11.4. The molecule has 1 N–H and O–H groups in total. The van der Waals surface area contributed by atoms with E-state index in [9.17, 15) is 19.0 Å². The highest BCUT2D eigenvalue weighted by atomic mass is 31.2. The third-order valence-electron chi connectivity index (χ3n) is 4.12. The lowest BCUT2D eigenvalue weighted by Gasteiger charge is -2.17. The zero-order valence-corrected chi connectivity index (χ0v) is 15.0. The molecular weight excluding hydrogens is 329 g/mol. The van der Waals surface area contributed by atoms with Crippen LogP contribution in [0.3, 0.4) is 0 Å². The summed E-state index contributed by atoms with van der Waals surface area (Å²) in [6.07, 6.45) is 2.33. The van der Waals surface area contributed by atoms with Crippen LogP contribution in [0.15, 0.2) is 24.3 Å². The van der Waals surface area contributed by atoms with Crippen LogP contribution in [0.2, 0.25) is 0 Å². The molecule has 0 bridgehead atoms. The largest absolute Gasteiger partial charge is 0.328 e. The summed E-state index contributed by atoms with van der Waals surface area (Å²) in [5.74, 6) is -0.521. The number of amides is 2. The van der Waals surface area contributed by atoms with E-state index < -0.39 is 7.60 Å². The van der Waals surface area contributed by atoms with Crippen molar-refractivity contribution in [3.63, 3.8) is 0 Å². The van der Waals surface area contributed by atoms with Gasteiger partial charge < -0.3 is 9.42 Å². The van der Waals surface area contributed by atoms with Gasteiger partial charge in [-0.2, -0.15) is 0 Å². The van der Waals surface area contributed by atoms with Gasteiger partial charge in [0.1, 0.15) is 0 Å². The minimum absolute atomic E-state index is 0.0967. The molecule has 1 heterocycles. The summed E-state index contributed by atoms with van der Waals surface area (Å²) < 4.78 is 17.0. The predicted molar refractivity (Wildman–Crippen MR) is 91.2 cm³/mol. The molecule has 1 aromatic rings. The molecular formula is C17H24NO5P. The summed E-state index contributed by atoms with van der Waals surface area (Å²) in [6, 6.07) is 6.79. The number of carbonyl (C=O) groups is 2. The van der Waals surface area contributed by atoms with Crippen LogP contribution in [0.4, 0.5) is 0 Å². The van der Waals surface area contributed by atoms with Gasteiger partial charge >= 0.3 is 7.60 Å². The van der Waals surface area contributed by atoms with Crippen molar-refractivity contribution < 1.29 is 23.6 Å². The number of hydrogen-bond donors (Lipinski definition) is 1. The van der Waals surface area contributed by atoms with Crippen LogP contribution in [-0.2, 0) is 9.09 Å². The standard InChI is InChI=1S/C17H24NO5P/c1-3-13(2)23-24(21,22)12-8-4-7-11-18-16(19)14-9-5-6-10-15(14)17(18)20/h5-6,9-10,13H,3-4,7-8,11-12H2,1-2H3,(H,21,22). The van der Waals surface area contributed by atoms with E-state index in [0.29, 0.717) is 43.4 Å². The van der Waals surface area contributed by atoms with Crippen molar-refractivity contribution in [3.05, 3.63) is 35.4 Å². The molecule has 132 valence electrons. The molecule has 24 heavy (non-hydrogen) atoms. The predicted octanol–water partition coefficient (Wildman–Crippen LogP) is 3.45. The fraction of sp³-hybridized carbons (Fsp3) is 0.529. The highest BCUT2D eigenvalue weighted by molar-refractivity contribution is 7.52. The molecule has 2 amide bonds. The number of imide groups is 1. The Morgan fingerprint density at radius 1 is 1.12 bits per heavy atom. The average molecular weight is 353 g/mol. The average Bonchev–Trinajstić information content (AvgIpc) is 2.79. The van der Waals surface area contributed by atoms with E-state index >= 15 is 0 Å². The maximum atomic E-state index is 12.2. The van der Waals surface area contributed by atoms with Crippen molar-refractivity contribution in [2.24, 2.45) is 0 Å². The van der Waals surface area contributed by atoms with Crippen molar-refractivity contribution in [3.8, 4) is 0 Å². The van der Waals surface area contributed by atoms with E-state index in [0.717, 1.165) is 0 Å². The van der Waals surface area contributed by atoms with E-state index in [-0.39, 0.29) is 24.1 Å². The molecule has 1 aliphatic rings. The lowest BCUT2D eigenvalue weighted by molar-refractivity contribution is 0.0651. The number of nitrogens with zero attached hydrogens (tertiary/aromatic N) is 1. The minimum atomic E-state index is -3.55. The molecule has 6 nitrogen and oxygen atoms in total. The van der Waals surface area contributed by atoms with E-state index in [1.807, 2.05) is 6.92 Å². The van der Waals surface area contributed by atoms with Crippen LogP contribution < -0.4 is 0 Å². The Morgan fingerprint density at radius 3 is 2.25 bits per heavy atom. The number of benzene rings is 1. The molecule has 0 aliphatic carbocycles. The fourth-order valence-corrected chi connectivity index (χ4v) is 4.05. The minimum Gasteiger partial charge on any atom is -0.324 e. The fourth-order valence-electron chi connectivity index (χ4n) is 2.61. The van der Waals surface area contributed by atoms with Gasteiger partial charge in [0.15, 0.2) is 0 Å². The lowest BCUT2D eigenvalue weighted by atomic mass is 10.1. The molecule has 1 aliphatic heterocycles. The monoisotopic (exact) mass is 353 g/mol. The third kappa shape index (κ3) is 4.53. The Morgan fingerprint density at radius 2 is 1.71 bits per heavy atom. The second kappa shape index (κ2) is 8.06. The molecule has 0 saturated carbocycles. The summed E-state index contributed by atoms with van der Waals surface area (Å²) in [7, 11) is -3.55. The van der Waals surface area contributed by atoms with Crippen molar-refractivity contribution in [2.45, 2.75) is 45.6 Å². The van der Waals surface area contributed by atoms with Gasteiger partial charge in [-0.25, -0.2) is 0 Å². The highest BCUT2D eigenvalue weighted by Gasteiger charge is 2.34. The molecule has 0 fully saturated rings. The third-order valence-corrected chi connectivity index (χ3v) is 5.69. The molecule has 0 saturated heterocycles. The molecule has 7 heteroatoms. The van der Waals surface area contributed by atoms with Crippen LogP contribution >= 0.6 is 7.60 Å². The Bertz CT molecular complexity index is 625. The van der Waals surface area contributed by atoms with Gasteiger partial charge in [-0.05, 0) is 38.3 Å². The van der Waals surface area contributed by atoms with Crippen LogP contribution in [0.1, 0.15) is 60.2 Å². The molecule has 1 aromatic carbocycles. The summed E-state index contributed by atoms with van der Waals surface area (Å²) in [5.41, 5.74) is 0.897. The second-order valence-corrected chi connectivity index (χ2v) is 7.99. The first-order valence-electron chi connectivity index (χ1n) is 8.31. The summed E-state index contributed by atoms with van der Waals surface area (Å²) in [6.45, 7) is 3.99. The van der Waals surface area contributed by atoms with Gasteiger partial charge in [0.25, 0.3) is 11.8 Å². The first kappa shape index (κ1) is 18.8. The van der Waals surface area contributed by atoms with Gasteiger partial charge in [-0.15, -0.1) is 0 Å². The normalized spacial score (nSPS) is 17.7. The van der Waals surface area contributed by atoms with E-state index in [1.54, 1.807) is 31.2 Å². The number of hydrogen-bond acceptors (Lipinski definition) is 4. The Hall–Kier alpha value is -1.49. The highest BCUT2D eigenvalue weighted by Crippen LogP contribution is 2.44. The van der Waals surface area contributed by atoms with E-state index in [2.05, 4.69) is 0 Å². The van der Waals surface area contributed by atoms with Crippen LogP contribution in [0.25, 0.3) is 0 Å². The summed E-state index contributed by atoms with van der Waals surface area (Å²) in [5, 5.41) is 0. The molecule has 0 spiro atoms. The van der Waals surface area contributed by atoms with Crippen molar-refractivity contribution in [1.82, 2.24) is 4.90 Å². The van der Waals surface area contributed by atoms with Crippen LogP contribution in [0, 0.1) is 0 Å². The number of rotatable bonds is 9. The van der Waals surface area contributed by atoms with Crippen LogP contribution in [0.5, 0.6) is 0 Å². The summed E-state index contributed by atoms with van der Waals surface area (Å²) in [4.78, 5) is 35.4. The van der Waals surface area contributed by atoms with E-state index in [4.69, 9.17) is 4.52 Å². The van der Waals surface area contributed by atoms with Gasteiger partial charge in [-0.1, -0.05) is 25.5 Å². The maximum absolute atomic E-state index is 12.2. The van der Waals surface area contributed by atoms with Gasteiger partial charge in [0.2, 0.25) is 0 Å². The van der Waals surface area contributed by atoms with Gasteiger partial charge in [-0.3, -0.25) is 19.1 Å². The Kier molecular flexibility index (Phi) is 6.33. The molecule has 2 rings (SSSR count). The van der Waals surface area contributed by atoms with Gasteiger partial charge in [0, 0.05) is 12.7 Å². The zero-order valence-electron chi connectivity index (χ0n) is 14.1. The van der Waals surface area contributed by atoms with Crippen molar-refractivity contribution in [1.29, 1.82) is 0 Å². The Balaban J connectivity index is 1.75. The van der Waals surface area contributed by atoms with Gasteiger partial charge in [0.05, 0.1) is 17.2 Å². The smallest absolute Gasteiger partial charge is 0.324 e. The number of fused-ring (bicyclic) bond motifs is 1. The van der Waals surface area contributed by atoms with Crippen molar-refractivity contribution >= 4 is 19.4 Å². The van der Waals surface area contributed by atoms with E-state index in [1.165, 1.54) is 4.90 Å². The van der Waals surface area contributed by atoms with Crippen LogP contribution in [-0.4, -0.2) is 40.4 Å². The Labute approximate surface area is 142 Å².